The lowest BCUT2D eigenvalue weighted by Gasteiger charge is -2.07. The Balaban J connectivity index is 1.92. The van der Waals surface area contributed by atoms with Crippen LogP contribution in [0.25, 0.3) is 0 Å². The van der Waals surface area contributed by atoms with Crippen molar-refractivity contribution in [1.82, 2.24) is 14.9 Å². The summed E-state index contributed by atoms with van der Waals surface area (Å²) >= 11 is 11.6. The molecule has 0 aliphatic rings. The van der Waals surface area contributed by atoms with Crippen LogP contribution in [0.2, 0.25) is 10.0 Å². The number of hydrogen-bond donors (Lipinski definition) is 2. The van der Waals surface area contributed by atoms with Gasteiger partial charge in [0.25, 0.3) is 0 Å². The van der Waals surface area contributed by atoms with Crippen molar-refractivity contribution in [2.45, 2.75) is 24.7 Å². The Hall–Kier alpha value is -1.08. The molecule has 0 bridgehead atoms. The van der Waals surface area contributed by atoms with Gasteiger partial charge in [0.15, 0.2) is 0 Å². The average molecular weight is 348 g/mol. The number of rotatable bonds is 6. The van der Waals surface area contributed by atoms with Crippen molar-refractivity contribution in [2.24, 2.45) is 0 Å². The van der Waals surface area contributed by atoms with Gasteiger partial charge >= 0.3 is 0 Å². The molecule has 1 aromatic heterocycles. The fourth-order valence-electron chi connectivity index (χ4n) is 1.84. The average Bonchev–Trinajstić information content (AvgIpc) is 2.83. The molecule has 0 spiro atoms. The number of aromatic nitrogens is 2. The first kappa shape index (κ1) is 16.3. The van der Waals surface area contributed by atoms with E-state index in [-0.39, 0.29) is 9.92 Å². The molecule has 2 rings (SSSR count). The van der Waals surface area contributed by atoms with Gasteiger partial charge in [-0.05, 0) is 43.5 Å². The lowest BCUT2D eigenvalue weighted by Crippen LogP contribution is -2.25. The Morgan fingerprint density at radius 3 is 2.67 bits per heavy atom. The van der Waals surface area contributed by atoms with Gasteiger partial charge in [-0.1, -0.05) is 23.2 Å². The molecule has 0 atom stereocenters. The summed E-state index contributed by atoms with van der Waals surface area (Å²) in [7, 11) is -3.57. The lowest BCUT2D eigenvalue weighted by atomic mass is 10.1. The van der Waals surface area contributed by atoms with E-state index in [0.717, 1.165) is 17.7 Å². The second-order valence-corrected chi connectivity index (χ2v) is 7.18. The van der Waals surface area contributed by atoms with Crippen LogP contribution in [0.5, 0.6) is 0 Å². The van der Waals surface area contributed by atoms with Crippen LogP contribution in [0, 0.1) is 6.92 Å². The molecule has 0 aliphatic heterocycles. The summed E-state index contributed by atoms with van der Waals surface area (Å²) in [6, 6.07) is 4.23. The minimum atomic E-state index is -3.57. The second-order valence-electron chi connectivity index (χ2n) is 4.60. The first-order chi connectivity index (χ1) is 9.90. The maximum absolute atomic E-state index is 12.1. The van der Waals surface area contributed by atoms with Gasteiger partial charge in [-0.3, -0.25) is 5.10 Å². The fraction of sp³-hybridized carbons (Fsp3) is 0.308. The molecule has 0 radical (unpaired) electrons. The molecule has 5 nitrogen and oxygen atoms in total. The predicted octanol–water partition coefficient (Wildman–Crippen LogP) is 2.94. The van der Waals surface area contributed by atoms with Crippen molar-refractivity contribution in [3.8, 4) is 0 Å². The number of aryl methyl sites for hydroxylation is 2. The van der Waals surface area contributed by atoms with Crippen molar-refractivity contribution >= 4 is 33.2 Å². The van der Waals surface area contributed by atoms with E-state index in [0.29, 0.717) is 18.0 Å². The molecule has 21 heavy (non-hydrogen) atoms. The normalized spacial score (nSPS) is 11.8. The summed E-state index contributed by atoms with van der Waals surface area (Å²) in [4.78, 5) is 0.108. The third-order valence-electron chi connectivity index (χ3n) is 3.05. The van der Waals surface area contributed by atoms with E-state index >= 15 is 0 Å². The number of aromatic amines is 1. The number of nitrogens with zero attached hydrogens (tertiary/aromatic N) is 1. The minimum absolute atomic E-state index is 0.108. The van der Waals surface area contributed by atoms with Crippen LogP contribution in [0.3, 0.4) is 0 Å². The van der Waals surface area contributed by atoms with Gasteiger partial charge in [0.1, 0.15) is 0 Å². The molecule has 2 aromatic rings. The topological polar surface area (TPSA) is 74.8 Å². The smallest absolute Gasteiger partial charge is 0.240 e. The third-order valence-corrected chi connectivity index (χ3v) is 5.25. The van der Waals surface area contributed by atoms with Gasteiger partial charge in [0.2, 0.25) is 10.0 Å². The van der Waals surface area contributed by atoms with Crippen molar-refractivity contribution < 1.29 is 8.42 Å². The molecule has 1 heterocycles. The second kappa shape index (κ2) is 6.79. The summed E-state index contributed by atoms with van der Waals surface area (Å²) in [5.41, 5.74) is 2.09. The molecule has 1 aromatic carbocycles. The van der Waals surface area contributed by atoms with Crippen molar-refractivity contribution in [3.05, 3.63) is 45.7 Å². The van der Waals surface area contributed by atoms with Crippen LogP contribution in [-0.4, -0.2) is 25.2 Å². The summed E-state index contributed by atoms with van der Waals surface area (Å²) in [5.74, 6) is 0. The molecular formula is C13H15Cl2N3O2S. The largest absolute Gasteiger partial charge is 0.283 e. The van der Waals surface area contributed by atoms with Crippen LogP contribution >= 0.6 is 23.2 Å². The Morgan fingerprint density at radius 2 is 2.05 bits per heavy atom. The number of halogens is 2. The molecule has 0 saturated carbocycles. The Morgan fingerprint density at radius 1 is 1.29 bits per heavy atom. The maximum Gasteiger partial charge on any atom is 0.240 e. The highest BCUT2D eigenvalue weighted by atomic mass is 35.5. The first-order valence-electron chi connectivity index (χ1n) is 6.34. The van der Waals surface area contributed by atoms with Gasteiger partial charge in [-0.15, -0.1) is 0 Å². The highest BCUT2D eigenvalue weighted by Crippen LogP contribution is 2.24. The Bertz CT molecular complexity index is 729. The highest BCUT2D eigenvalue weighted by Gasteiger charge is 2.14. The molecule has 114 valence electrons. The van der Waals surface area contributed by atoms with Crippen LogP contribution in [0.4, 0.5) is 0 Å². The number of nitrogens with one attached hydrogen (secondary N) is 2. The summed E-state index contributed by atoms with van der Waals surface area (Å²) < 4.78 is 26.7. The molecular weight excluding hydrogens is 333 g/mol. The molecule has 0 amide bonds. The number of H-pyrrole nitrogens is 1. The summed E-state index contributed by atoms with van der Waals surface area (Å²) in [6.45, 7) is 2.27. The molecule has 0 aliphatic carbocycles. The van der Waals surface area contributed by atoms with Crippen molar-refractivity contribution in [2.75, 3.05) is 6.54 Å². The van der Waals surface area contributed by atoms with Crippen LogP contribution in [0.1, 0.15) is 17.7 Å². The quantitative estimate of drug-likeness (QED) is 0.788. The van der Waals surface area contributed by atoms with E-state index in [2.05, 4.69) is 14.9 Å². The van der Waals surface area contributed by atoms with Crippen molar-refractivity contribution in [1.29, 1.82) is 0 Å². The third kappa shape index (κ3) is 4.20. The fourth-order valence-corrected chi connectivity index (χ4v) is 3.30. The van der Waals surface area contributed by atoms with E-state index in [1.165, 1.54) is 18.2 Å². The summed E-state index contributed by atoms with van der Waals surface area (Å²) in [5, 5.41) is 7.31. The van der Waals surface area contributed by atoms with Gasteiger partial charge in [0, 0.05) is 12.2 Å². The van der Waals surface area contributed by atoms with Gasteiger partial charge in [-0.25, -0.2) is 13.1 Å². The van der Waals surface area contributed by atoms with E-state index in [1.54, 1.807) is 6.20 Å². The zero-order chi connectivity index (χ0) is 15.5. The summed E-state index contributed by atoms with van der Waals surface area (Å²) in [6.07, 6.45) is 3.19. The van der Waals surface area contributed by atoms with Gasteiger partial charge in [0.05, 0.1) is 21.1 Å². The zero-order valence-electron chi connectivity index (χ0n) is 11.4. The Kier molecular flexibility index (Phi) is 5.27. The zero-order valence-corrected chi connectivity index (χ0v) is 13.7. The van der Waals surface area contributed by atoms with Gasteiger partial charge in [-0.2, -0.15) is 5.10 Å². The molecule has 2 N–H and O–H groups in total. The number of hydrogen-bond acceptors (Lipinski definition) is 3. The Labute approximate surface area is 133 Å². The van der Waals surface area contributed by atoms with Crippen LogP contribution < -0.4 is 4.72 Å². The van der Waals surface area contributed by atoms with E-state index in [9.17, 15) is 8.42 Å². The molecule has 0 saturated heterocycles. The number of benzene rings is 1. The monoisotopic (exact) mass is 347 g/mol. The lowest BCUT2D eigenvalue weighted by molar-refractivity contribution is 0.579. The molecule has 0 fully saturated rings. The van der Waals surface area contributed by atoms with Crippen LogP contribution in [0.15, 0.2) is 29.3 Å². The molecule has 8 heteroatoms. The maximum atomic E-state index is 12.1. The van der Waals surface area contributed by atoms with E-state index < -0.39 is 10.0 Å². The van der Waals surface area contributed by atoms with E-state index in [4.69, 9.17) is 23.2 Å². The van der Waals surface area contributed by atoms with E-state index in [1.807, 2.05) is 6.92 Å². The first-order valence-corrected chi connectivity index (χ1v) is 8.57. The van der Waals surface area contributed by atoms with Crippen molar-refractivity contribution in [3.63, 3.8) is 0 Å². The predicted molar refractivity (Wildman–Crippen MR) is 83.3 cm³/mol. The minimum Gasteiger partial charge on any atom is -0.283 e. The van der Waals surface area contributed by atoms with Gasteiger partial charge < -0.3 is 0 Å². The number of sulfonamides is 1. The highest BCUT2D eigenvalue weighted by molar-refractivity contribution is 7.89. The standard InChI is InChI=1S/C13H15Cl2N3O2S/c1-9-10(8-16-18-9)3-2-6-17-21(19,20)11-4-5-12(14)13(15)7-11/h4-5,7-8,17H,2-3,6H2,1H3,(H,16,18). The SMILES string of the molecule is Cc1[nH]ncc1CCCNS(=O)(=O)c1ccc(Cl)c(Cl)c1. The van der Waals surface area contributed by atoms with Crippen LogP contribution in [-0.2, 0) is 16.4 Å². The molecule has 0 unspecified atom stereocenters.